The molecule has 0 heterocycles. The molecule has 0 aromatic carbocycles. The average molecular weight is 173 g/mol. The Balaban J connectivity index is 2.32. The molecule has 1 rings (SSSR count). The fraction of sp³-hybridized carbons (Fsp3) is 1.00. The average Bonchev–Trinajstić information content (AvgIpc) is 1.99. The molecule has 2 N–H and O–H groups in total. The van der Waals surface area contributed by atoms with Gasteiger partial charge in [0, 0.05) is 19.3 Å². The highest BCUT2D eigenvalue weighted by molar-refractivity contribution is 5.01. The van der Waals surface area contributed by atoms with Gasteiger partial charge in [-0.1, -0.05) is 6.92 Å². The molecule has 0 saturated heterocycles. The molecule has 0 atom stereocenters. The number of aliphatic hydroxyl groups is 1. The summed E-state index contributed by atoms with van der Waals surface area (Å²) in [6.45, 7) is 3.33. The van der Waals surface area contributed by atoms with Gasteiger partial charge in [0.2, 0.25) is 0 Å². The largest absolute Gasteiger partial charge is 0.396 e. The van der Waals surface area contributed by atoms with E-state index < -0.39 is 0 Å². The number of hydrogen-bond donors (Lipinski definition) is 2. The van der Waals surface area contributed by atoms with E-state index in [1.54, 1.807) is 7.11 Å². The van der Waals surface area contributed by atoms with Gasteiger partial charge in [-0.25, -0.2) is 0 Å². The lowest BCUT2D eigenvalue weighted by Gasteiger charge is -2.47. The van der Waals surface area contributed by atoms with Crippen LogP contribution in [0.3, 0.4) is 0 Å². The van der Waals surface area contributed by atoms with Gasteiger partial charge < -0.3 is 15.2 Å². The zero-order chi connectivity index (χ0) is 9.03. The van der Waals surface area contributed by atoms with Crippen LogP contribution < -0.4 is 5.32 Å². The van der Waals surface area contributed by atoms with E-state index in [4.69, 9.17) is 9.84 Å². The van der Waals surface area contributed by atoms with Crippen LogP contribution in [0.5, 0.6) is 0 Å². The first kappa shape index (κ1) is 9.96. The van der Waals surface area contributed by atoms with Crippen LogP contribution in [0.25, 0.3) is 0 Å². The van der Waals surface area contributed by atoms with Gasteiger partial charge in [-0.05, 0) is 25.8 Å². The van der Waals surface area contributed by atoms with Gasteiger partial charge in [-0.15, -0.1) is 0 Å². The molecule has 1 aliphatic carbocycles. The third kappa shape index (κ3) is 1.97. The molecule has 3 heteroatoms. The second-order valence-corrected chi connectivity index (χ2v) is 3.55. The molecule has 0 spiro atoms. The number of hydrogen-bond acceptors (Lipinski definition) is 3. The third-order valence-electron chi connectivity index (χ3n) is 2.71. The lowest BCUT2D eigenvalue weighted by atomic mass is 9.72. The second-order valence-electron chi connectivity index (χ2n) is 3.55. The number of aliphatic hydroxyl groups excluding tert-OH is 1. The molecule has 1 saturated carbocycles. The highest BCUT2D eigenvalue weighted by atomic mass is 16.5. The molecule has 0 radical (unpaired) electrons. The van der Waals surface area contributed by atoms with E-state index in [9.17, 15) is 0 Å². The highest BCUT2D eigenvalue weighted by Crippen LogP contribution is 2.36. The maximum atomic E-state index is 8.87. The van der Waals surface area contributed by atoms with Gasteiger partial charge in [-0.3, -0.25) is 0 Å². The number of ether oxygens (including phenoxy) is 1. The molecule has 0 bridgehead atoms. The van der Waals surface area contributed by atoms with Crippen molar-refractivity contribution in [2.45, 2.75) is 37.8 Å². The van der Waals surface area contributed by atoms with Gasteiger partial charge in [0.15, 0.2) is 0 Å². The van der Waals surface area contributed by atoms with E-state index in [-0.39, 0.29) is 12.1 Å². The monoisotopic (exact) mass is 173 g/mol. The van der Waals surface area contributed by atoms with Crippen LogP contribution in [-0.4, -0.2) is 37.0 Å². The van der Waals surface area contributed by atoms with Gasteiger partial charge >= 0.3 is 0 Å². The van der Waals surface area contributed by atoms with Crippen molar-refractivity contribution in [2.24, 2.45) is 0 Å². The van der Waals surface area contributed by atoms with E-state index in [1.165, 1.54) is 0 Å². The maximum absolute atomic E-state index is 8.87. The summed E-state index contributed by atoms with van der Waals surface area (Å²) in [5.41, 5.74) is 0.171. The molecule has 0 aromatic rings. The van der Waals surface area contributed by atoms with E-state index in [0.717, 1.165) is 25.8 Å². The van der Waals surface area contributed by atoms with E-state index in [2.05, 4.69) is 12.2 Å². The molecule has 12 heavy (non-hydrogen) atoms. The van der Waals surface area contributed by atoms with Crippen molar-refractivity contribution in [1.82, 2.24) is 5.32 Å². The number of rotatable bonds is 5. The first-order valence-corrected chi connectivity index (χ1v) is 4.65. The van der Waals surface area contributed by atoms with Crippen LogP contribution in [0.2, 0.25) is 0 Å². The fourth-order valence-corrected chi connectivity index (χ4v) is 2.00. The van der Waals surface area contributed by atoms with E-state index in [0.29, 0.717) is 6.10 Å². The van der Waals surface area contributed by atoms with Gasteiger partial charge in [0.25, 0.3) is 0 Å². The molecule has 0 unspecified atom stereocenters. The van der Waals surface area contributed by atoms with Crippen LogP contribution in [0.1, 0.15) is 26.2 Å². The zero-order valence-corrected chi connectivity index (χ0v) is 7.97. The second kappa shape index (κ2) is 4.21. The van der Waals surface area contributed by atoms with Gasteiger partial charge in [-0.2, -0.15) is 0 Å². The van der Waals surface area contributed by atoms with Crippen molar-refractivity contribution in [2.75, 3.05) is 20.3 Å². The van der Waals surface area contributed by atoms with Crippen LogP contribution in [0.4, 0.5) is 0 Å². The molecule has 0 aromatic heterocycles. The summed E-state index contributed by atoms with van der Waals surface area (Å²) >= 11 is 0. The van der Waals surface area contributed by atoms with Gasteiger partial charge in [0.1, 0.15) is 0 Å². The normalized spacial score (nSPS) is 34.8. The first-order valence-electron chi connectivity index (χ1n) is 4.65. The molecule has 72 valence electrons. The van der Waals surface area contributed by atoms with Crippen molar-refractivity contribution in [1.29, 1.82) is 0 Å². The summed E-state index contributed by atoms with van der Waals surface area (Å²) in [6.07, 6.45) is 3.33. The highest BCUT2D eigenvalue weighted by Gasteiger charge is 2.43. The lowest BCUT2D eigenvalue weighted by Crippen LogP contribution is -2.58. The quantitative estimate of drug-likeness (QED) is 0.637. The Labute approximate surface area is 74.1 Å². The third-order valence-corrected chi connectivity index (χ3v) is 2.71. The summed E-state index contributed by atoms with van der Waals surface area (Å²) in [7, 11) is 1.75. The predicted octanol–water partition coefficient (Wildman–Crippen LogP) is 0.526. The Morgan fingerprint density at radius 3 is 2.67 bits per heavy atom. The summed E-state index contributed by atoms with van der Waals surface area (Å²) in [5, 5.41) is 12.3. The molecule has 3 nitrogen and oxygen atoms in total. The summed E-state index contributed by atoms with van der Waals surface area (Å²) < 4.78 is 5.21. The maximum Gasteiger partial charge on any atom is 0.0606 e. The minimum absolute atomic E-state index is 0.171. The number of methoxy groups -OCH3 is 1. The van der Waals surface area contributed by atoms with Crippen molar-refractivity contribution in [3.8, 4) is 0 Å². The Kier molecular flexibility index (Phi) is 3.50. The smallest absolute Gasteiger partial charge is 0.0606 e. The minimum atomic E-state index is 0.171. The van der Waals surface area contributed by atoms with Crippen molar-refractivity contribution in [3.05, 3.63) is 0 Å². The standard InChI is InChI=1S/C9H19NO2/c1-3-10-9(4-5-11)6-8(7-9)12-2/h8,10-11H,3-7H2,1-2H3. The van der Waals surface area contributed by atoms with Gasteiger partial charge in [0.05, 0.1) is 6.10 Å². The molecular formula is C9H19NO2. The summed E-state index contributed by atoms with van der Waals surface area (Å²) in [6, 6.07) is 0. The lowest BCUT2D eigenvalue weighted by molar-refractivity contribution is -0.0384. The van der Waals surface area contributed by atoms with Crippen LogP contribution >= 0.6 is 0 Å². The molecular weight excluding hydrogens is 154 g/mol. The predicted molar refractivity (Wildman–Crippen MR) is 48.1 cm³/mol. The Hall–Kier alpha value is -0.120. The Bertz CT molecular complexity index is 124. The zero-order valence-electron chi connectivity index (χ0n) is 7.97. The van der Waals surface area contributed by atoms with E-state index >= 15 is 0 Å². The molecule has 1 aliphatic rings. The van der Waals surface area contributed by atoms with Crippen LogP contribution in [0.15, 0.2) is 0 Å². The first-order chi connectivity index (χ1) is 5.76. The fourth-order valence-electron chi connectivity index (χ4n) is 2.00. The summed E-state index contributed by atoms with van der Waals surface area (Å²) in [4.78, 5) is 0. The summed E-state index contributed by atoms with van der Waals surface area (Å²) in [5.74, 6) is 0. The topological polar surface area (TPSA) is 41.5 Å². The molecule has 0 aliphatic heterocycles. The SMILES string of the molecule is CCNC1(CCO)CC(OC)C1. The van der Waals surface area contributed by atoms with Crippen LogP contribution in [-0.2, 0) is 4.74 Å². The minimum Gasteiger partial charge on any atom is -0.396 e. The van der Waals surface area contributed by atoms with Crippen molar-refractivity contribution < 1.29 is 9.84 Å². The number of nitrogens with one attached hydrogen (secondary N) is 1. The van der Waals surface area contributed by atoms with Crippen molar-refractivity contribution in [3.63, 3.8) is 0 Å². The van der Waals surface area contributed by atoms with E-state index in [1.807, 2.05) is 0 Å². The molecule has 1 fully saturated rings. The van der Waals surface area contributed by atoms with Crippen LogP contribution in [0, 0.1) is 0 Å². The Morgan fingerprint density at radius 1 is 1.58 bits per heavy atom. The Morgan fingerprint density at radius 2 is 2.25 bits per heavy atom. The van der Waals surface area contributed by atoms with Crippen molar-refractivity contribution >= 4 is 0 Å². The molecule has 0 amide bonds.